The number of fused-ring (bicyclic) bond motifs is 1. The molecule has 1 fully saturated rings. The van der Waals surface area contributed by atoms with Gasteiger partial charge in [-0.25, -0.2) is 0 Å². The van der Waals surface area contributed by atoms with Crippen LogP contribution in [-0.4, -0.2) is 28.0 Å². The van der Waals surface area contributed by atoms with Gasteiger partial charge in [0.05, 0.1) is 5.52 Å². The summed E-state index contributed by atoms with van der Waals surface area (Å²) in [7, 11) is 0. The lowest BCUT2D eigenvalue weighted by Crippen LogP contribution is -2.36. The van der Waals surface area contributed by atoms with E-state index in [1.807, 2.05) is 12.1 Å². The van der Waals surface area contributed by atoms with Gasteiger partial charge in [-0.1, -0.05) is 23.2 Å². The first-order chi connectivity index (χ1) is 12.6. The lowest BCUT2D eigenvalue weighted by molar-refractivity contribution is 0.389. The summed E-state index contributed by atoms with van der Waals surface area (Å²) in [5.41, 5.74) is 2.36. The van der Waals surface area contributed by atoms with Crippen molar-refractivity contribution in [2.75, 3.05) is 18.0 Å². The van der Waals surface area contributed by atoms with Crippen molar-refractivity contribution in [1.82, 2.24) is 15.0 Å². The van der Waals surface area contributed by atoms with E-state index in [-0.39, 0.29) is 0 Å². The number of pyridine rings is 1. The van der Waals surface area contributed by atoms with Crippen LogP contribution in [-0.2, 0) is 6.42 Å². The van der Waals surface area contributed by atoms with Crippen molar-refractivity contribution in [1.29, 1.82) is 0 Å². The van der Waals surface area contributed by atoms with Gasteiger partial charge in [-0.3, -0.25) is 0 Å². The van der Waals surface area contributed by atoms with Crippen LogP contribution in [0.25, 0.3) is 11.2 Å². The minimum Gasteiger partial charge on any atom is -0.342 e. The number of anilines is 1. The molecule has 1 saturated heterocycles. The molecule has 1 N–H and O–H groups in total. The van der Waals surface area contributed by atoms with Gasteiger partial charge in [0.1, 0.15) is 0 Å². The van der Waals surface area contributed by atoms with Crippen LogP contribution in [0.15, 0.2) is 30.3 Å². The topological polar surface area (TPSA) is 44.8 Å². The highest BCUT2D eigenvalue weighted by Gasteiger charge is 2.22. The van der Waals surface area contributed by atoms with E-state index >= 15 is 0 Å². The maximum Gasteiger partial charge on any atom is 0.215 e. The van der Waals surface area contributed by atoms with Gasteiger partial charge < -0.3 is 9.88 Å². The van der Waals surface area contributed by atoms with Crippen molar-refractivity contribution < 1.29 is 4.39 Å². The molecule has 3 heterocycles. The summed E-state index contributed by atoms with van der Waals surface area (Å²) in [4.78, 5) is 13.8. The van der Waals surface area contributed by atoms with Crippen molar-refractivity contribution >= 4 is 40.3 Å². The SMILES string of the molecule is Fc1ccc2[nH]c(N3CCC[C@H](CCc4cc(Cl)cc(Cl)c4)C3)nc2n1. The van der Waals surface area contributed by atoms with Gasteiger partial charge in [-0.15, -0.1) is 0 Å². The summed E-state index contributed by atoms with van der Waals surface area (Å²) < 4.78 is 13.3. The Bertz CT molecular complexity index is 907. The van der Waals surface area contributed by atoms with Gasteiger partial charge in [0.2, 0.25) is 11.9 Å². The fraction of sp³-hybridized carbons (Fsp3) is 0.368. The van der Waals surface area contributed by atoms with Gasteiger partial charge in [-0.2, -0.15) is 14.4 Å². The Morgan fingerprint density at radius 2 is 1.96 bits per heavy atom. The molecule has 1 aliphatic rings. The zero-order valence-electron chi connectivity index (χ0n) is 14.2. The molecule has 0 unspecified atom stereocenters. The molecule has 4 nitrogen and oxygen atoms in total. The number of halogens is 3. The third kappa shape index (κ3) is 3.94. The molecule has 0 saturated carbocycles. The predicted molar refractivity (Wildman–Crippen MR) is 104 cm³/mol. The number of H-pyrrole nitrogens is 1. The molecule has 0 spiro atoms. The summed E-state index contributed by atoms with van der Waals surface area (Å²) in [6, 6.07) is 8.74. The number of nitrogens with one attached hydrogen (secondary N) is 1. The Labute approximate surface area is 161 Å². The van der Waals surface area contributed by atoms with E-state index in [2.05, 4.69) is 19.9 Å². The van der Waals surface area contributed by atoms with Crippen molar-refractivity contribution in [3.05, 3.63) is 51.9 Å². The van der Waals surface area contributed by atoms with Gasteiger partial charge in [0.15, 0.2) is 5.65 Å². The Morgan fingerprint density at radius 1 is 1.15 bits per heavy atom. The van der Waals surface area contributed by atoms with Crippen molar-refractivity contribution in [3.63, 3.8) is 0 Å². The second kappa shape index (κ2) is 7.41. The molecule has 0 aliphatic carbocycles. The third-order valence-electron chi connectivity index (χ3n) is 4.88. The highest BCUT2D eigenvalue weighted by Crippen LogP contribution is 2.27. The molecule has 1 aliphatic heterocycles. The highest BCUT2D eigenvalue weighted by atomic mass is 35.5. The fourth-order valence-corrected chi connectivity index (χ4v) is 4.20. The summed E-state index contributed by atoms with van der Waals surface area (Å²) >= 11 is 12.2. The number of hydrogen-bond donors (Lipinski definition) is 1. The van der Waals surface area contributed by atoms with Crippen LogP contribution >= 0.6 is 23.2 Å². The monoisotopic (exact) mass is 392 g/mol. The smallest absolute Gasteiger partial charge is 0.215 e. The number of piperidine rings is 1. The first-order valence-corrected chi connectivity index (χ1v) is 9.54. The van der Waals surface area contributed by atoms with Crippen molar-refractivity contribution in [2.24, 2.45) is 5.92 Å². The number of rotatable bonds is 4. The van der Waals surface area contributed by atoms with E-state index in [1.165, 1.54) is 18.1 Å². The fourth-order valence-electron chi connectivity index (χ4n) is 3.63. The molecule has 0 amide bonds. The second-order valence-corrected chi connectivity index (χ2v) is 7.71. The van der Waals surface area contributed by atoms with Gasteiger partial charge >= 0.3 is 0 Å². The molecule has 1 aromatic carbocycles. The average molecular weight is 393 g/mol. The molecule has 4 rings (SSSR count). The number of benzene rings is 1. The summed E-state index contributed by atoms with van der Waals surface area (Å²) in [6.45, 7) is 1.87. The average Bonchev–Trinajstić information content (AvgIpc) is 3.03. The molecule has 3 aromatic rings. The van der Waals surface area contributed by atoms with Gasteiger partial charge in [0.25, 0.3) is 0 Å². The minimum absolute atomic E-state index is 0.427. The molecular formula is C19H19Cl2FN4. The number of aromatic nitrogens is 3. The minimum atomic E-state index is -0.507. The van der Waals surface area contributed by atoms with Crippen LogP contribution in [0.3, 0.4) is 0 Å². The van der Waals surface area contributed by atoms with E-state index in [1.54, 1.807) is 12.1 Å². The maximum absolute atomic E-state index is 13.3. The molecule has 0 radical (unpaired) electrons. The van der Waals surface area contributed by atoms with Crippen LogP contribution in [0.1, 0.15) is 24.8 Å². The zero-order chi connectivity index (χ0) is 18.1. The molecule has 136 valence electrons. The standard InChI is InChI=1S/C19H19Cl2FN4/c20-14-8-13(9-15(21)10-14)4-3-12-2-1-7-26(11-12)19-23-16-5-6-17(22)24-18(16)25-19/h5-6,8-10,12H,1-4,7,11H2,(H,23,24,25)/t12-/m1/s1. The summed E-state index contributed by atoms with van der Waals surface area (Å²) in [6.07, 6.45) is 4.32. The molecule has 7 heteroatoms. The largest absolute Gasteiger partial charge is 0.342 e. The molecule has 0 bridgehead atoms. The third-order valence-corrected chi connectivity index (χ3v) is 5.32. The Balaban J connectivity index is 1.43. The lowest BCUT2D eigenvalue weighted by Gasteiger charge is -2.32. The normalized spacial score (nSPS) is 17.8. The van der Waals surface area contributed by atoms with Gasteiger partial charge in [-0.05, 0) is 67.5 Å². The van der Waals surface area contributed by atoms with E-state index in [4.69, 9.17) is 23.2 Å². The number of hydrogen-bond acceptors (Lipinski definition) is 3. The molecule has 2 aromatic heterocycles. The molecule has 1 atom stereocenters. The molecular weight excluding hydrogens is 374 g/mol. The van der Waals surface area contributed by atoms with E-state index in [0.717, 1.165) is 43.8 Å². The van der Waals surface area contributed by atoms with Crippen molar-refractivity contribution in [2.45, 2.75) is 25.7 Å². The number of imidazole rings is 1. The Kier molecular flexibility index (Phi) is 5.00. The lowest BCUT2D eigenvalue weighted by atomic mass is 9.92. The predicted octanol–water partition coefficient (Wildman–Crippen LogP) is 5.25. The number of aromatic amines is 1. The van der Waals surface area contributed by atoms with E-state index in [9.17, 15) is 4.39 Å². The first-order valence-electron chi connectivity index (χ1n) is 8.79. The second-order valence-electron chi connectivity index (χ2n) is 6.84. The van der Waals surface area contributed by atoms with Crippen LogP contribution in [0.5, 0.6) is 0 Å². The summed E-state index contributed by atoms with van der Waals surface area (Å²) in [5, 5.41) is 1.36. The van der Waals surface area contributed by atoms with Crippen LogP contribution < -0.4 is 4.90 Å². The van der Waals surface area contributed by atoms with Crippen LogP contribution in [0, 0.1) is 11.9 Å². The number of nitrogens with zero attached hydrogens (tertiary/aromatic N) is 3. The van der Waals surface area contributed by atoms with E-state index < -0.39 is 5.95 Å². The Hall–Kier alpha value is -1.85. The maximum atomic E-state index is 13.3. The van der Waals surface area contributed by atoms with E-state index in [0.29, 0.717) is 21.6 Å². The van der Waals surface area contributed by atoms with Crippen molar-refractivity contribution in [3.8, 4) is 0 Å². The quantitative estimate of drug-likeness (QED) is 0.616. The van der Waals surface area contributed by atoms with Crippen LogP contribution in [0.4, 0.5) is 10.3 Å². The zero-order valence-corrected chi connectivity index (χ0v) is 15.7. The highest BCUT2D eigenvalue weighted by molar-refractivity contribution is 6.34. The Morgan fingerprint density at radius 3 is 2.77 bits per heavy atom. The van der Waals surface area contributed by atoms with Gasteiger partial charge in [0, 0.05) is 23.1 Å². The first kappa shape index (κ1) is 17.6. The van der Waals surface area contributed by atoms with Crippen LogP contribution in [0.2, 0.25) is 10.0 Å². The summed E-state index contributed by atoms with van der Waals surface area (Å²) in [5.74, 6) is 0.834. The molecule has 26 heavy (non-hydrogen) atoms. The number of aryl methyl sites for hydroxylation is 1.